The molecular formula is C15H18FN3O3S. The highest BCUT2D eigenvalue weighted by molar-refractivity contribution is 7.92. The lowest BCUT2D eigenvalue weighted by Crippen LogP contribution is -2.17. The second kappa shape index (κ2) is 6.91. The van der Waals surface area contributed by atoms with Gasteiger partial charge in [-0.1, -0.05) is 6.92 Å². The van der Waals surface area contributed by atoms with E-state index >= 15 is 0 Å². The predicted molar refractivity (Wildman–Crippen MR) is 84.4 cm³/mol. The maximum Gasteiger partial charge on any atom is 0.265 e. The van der Waals surface area contributed by atoms with Crippen molar-refractivity contribution in [2.45, 2.75) is 38.2 Å². The van der Waals surface area contributed by atoms with E-state index in [-0.39, 0.29) is 22.4 Å². The lowest BCUT2D eigenvalue weighted by atomic mass is 10.3. The van der Waals surface area contributed by atoms with Gasteiger partial charge in [0.15, 0.2) is 0 Å². The quantitative estimate of drug-likeness (QED) is 0.875. The molecule has 0 aliphatic rings. The molecule has 1 aromatic carbocycles. The van der Waals surface area contributed by atoms with Gasteiger partial charge in [0.05, 0.1) is 24.2 Å². The standard InChI is InChI=1S/C15H18FN3O3S/c1-4-15-17-8-12(9-18-15)19-23(20,21)14-7-11(16)5-6-13(14)22-10(2)3/h5-10,19H,4H2,1-3H3. The molecule has 0 aliphatic carbocycles. The summed E-state index contributed by atoms with van der Waals surface area (Å²) < 4.78 is 46.2. The van der Waals surface area contributed by atoms with Crippen LogP contribution < -0.4 is 9.46 Å². The van der Waals surface area contributed by atoms with Crippen LogP contribution in [-0.4, -0.2) is 24.5 Å². The zero-order valence-corrected chi connectivity index (χ0v) is 13.9. The van der Waals surface area contributed by atoms with Crippen molar-refractivity contribution in [1.29, 1.82) is 0 Å². The van der Waals surface area contributed by atoms with E-state index in [4.69, 9.17) is 4.74 Å². The molecule has 0 atom stereocenters. The largest absolute Gasteiger partial charge is 0.490 e. The van der Waals surface area contributed by atoms with Crippen molar-refractivity contribution in [3.63, 3.8) is 0 Å². The Bertz CT molecular complexity index is 777. The minimum Gasteiger partial charge on any atom is -0.490 e. The van der Waals surface area contributed by atoms with Crippen LogP contribution in [0.1, 0.15) is 26.6 Å². The van der Waals surface area contributed by atoms with Crippen LogP contribution in [0.5, 0.6) is 5.75 Å². The van der Waals surface area contributed by atoms with Crippen molar-refractivity contribution < 1.29 is 17.5 Å². The third-order valence-corrected chi connectivity index (χ3v) is 4.23. The van der Waals surface area contributed by atoms with Crippen molar-refractivity contribution in [3.8, 4) is 5.75 Å². The van der Waals surface area contributed by atoms with Gasteiger partial charge in [0, 0.05) is 6.42 Å². The van der Waals surface area contributed by atoms with Crippen LogP contribution in [0, 0.1) is 5.82 Å². The number of halogens is 1. The number of anilines is 1. The number of nitrogens with zero attached hydrogens (tertiary/aromatic N) is 2. The molecule has 8 heteroatoms. The number of benzene rings is 1. The summed E-state index contributed by atoms with van der Waals surface area (Å²) in [5.41, 5.74) is 0.196. The van der Waals surface area contributed by atoms with E-state index in [0.717, 1.165) is 12.1 Å². The number of nitrogens with one attached hydrogen (secondary N) is 1. The van der Waals surface area contributed by atoms with E-state index < -0.39 is 15.8 Å². The van der Waals surface area contributed by atoms with Gasteiger partial charge in [-0.25, -0.2) is 22.8 Å². The molecule has 1 N–H and O–H groups in total. The molecule has 0 radical (unpaired) electrons. The summed E-state index contributed by atoms with van der Waals surface area (Å²) in [5, 5.41) is 0. The van der Waals surface area contributed by atoms with Gasteiger partial charge in [0.1, 0.15) is 22.3 Å². The number of sulfonamides is 1. The fourth-order valence-electron chi connectivity index (χ4n) is 1.84. The first-order valence-electron chi connectivity index (χ1n) is 7.11. The minimum atomic E-state index is -4.03. The molecule has 0 bridgehead atoms. The molecule has 0 amide bonds. The molecule has 0 saturated heterocycles. The van der Waals surface area contributed by atoms with Crippen LogP contribution in [-0.2, 0) is 16.4 Å². The molecule has 6 nitrogen and oxygen atoms in total. The molecule has 0 aliphatic heterocycles. The first kappa shape index (κ1) is 17.1. The molecule has 0 saturated carbocycles. The number of aryl methyl sites for hydroxylation is 1. The fraction of sp³-hybridized carbons (Fsp3) is 0.333. The lowest BCUT2D eigenvalue weighted by Gasteiger charge is -2.15. The lowest BCUT2D eigenvalue weighted by molar-refractivity contribution is 0.235. The maximum absolute atomic E-state index is 13.5. The average molecular weight is 339 g/mol. The molecular weight excluding hydrogens is 321 g/mol. The fourth-order valence-corrected chi connectivity index (χ4v) is 3.02. The molecule has 124 valence electrons. The van der Waals surface area contributed by atoms with Crippen LogP contribution in [0.25, 0.3) is 0 Å². The van der Waals surface area contributed by atoms with Gasteiger partial charge in [-0.15, -0.1) is 0 Å². The van der Waals surface area contributed by atoms with Crippen molar-refractivity contribution in [3.05, 3.63) is 42.2 Å². The minimum absolute atomic E-state index is 0.0833. The van der Waals surface area contributed by atoms with Crippen LogP contribution >= 0.6 is 0 Å². The molecule has 1 aromatic heterocycles. The van der Waals surface area contributed by atoms with E-state index in [1.807, 2.05) is 6.92 Å². The molecule has 2 aromatic rings. The number of hydrogen-bond donors (Lipinski definition) is 1. The van der Waals surface area contributed by atoms with Gasteiger partial charge < -0.3 is 4.74 Å². The summed E-state index contributed by atoms with van der Waals surface area (Å²) >= 11 is 0. The maximum atomic E-state index is 13.5. The normalized spacial score (nSPS) is 11.5. The highest BCUT2D eigenvalue weighted by atomic mass is 32.2. The molecule has 1 heterocycles. The van der Waals surface area contributed by atoms with Gasteiger partial charge in [0.25, 0.3) is 10.0 Å². The van der Waals surface area contributed by atoms with E-state index in [2.05, 4.69) is 14.7 Å². The Balaban J connectivity index is 2.36. The van der Waals surface area contributed by atoms with Gasteiger partial charge in [-0.05, 0) is 32.0 Å². The molecule has 0 fully saturated rings. The second-order valence-electron chi connectivity index (χ2n) is 5.10. The van der Waals surface area contributed by atoms with E-state index in [0.29, 0.717) is 12.2 Å². The average Bonchev–Trinajstić information content (AvgIpc) is 2.49. The van der Waals surface area contributed by atoms with Gasteiger partial charge in [-0.2, -0.15) is 0 Å². The van der Waals surface area contributed by atoms with Gasteiger partial charge >= 0.3 is 0 Å². The predicted octanol–water partition coefficient (Wildman–Crippen LogP) is 2.77. The number of aromatic nitrogens is 2. The van der Waals surface area contributed by atoms with Crippen LogP contribution in [0.4, 0.5) is 10.1 Å². The van der Waals surface area contributed by atoms with Crippen LogP contribution in [0.3, 0.4) is 0 Å². The summed E-state index contributed by atoms with van der Waals surface area (Å²) in [6, 6.07) is 3.36. The molecule has 23 heavy (non-hydrogen) atoms. The number of rotatable bonds is 6. The van der Waals surface area contributed by atoms with Crippen LogP contribution in [0.2, 0.25) is 0 Å². The molecule has 2 rings (SSSR count). The van der Waals surface area contributed by atoms with E-state index in [1.54, 1.807) is 13.8 Å². The Labute approximate surface area is 134 Å². The smallest absolute Gasteiger partial charge is 0.265 e. The monoisotopic (exact) mass is 339 g/mol. The Morgan fingerprint density at radius 2 is 1.91 bits per heavy atom. The van der Waals surface area contributed by atoms with E-state index in [1.165, 1.54) is 18.5 Å². The second-order valence-corrected chi connectivity index (χ2v) is 6.76. The highest BCUT2D eigenvalue weighted by Crippen LogP contribution is 2.27. The van der Waals surface area contributed by atoms with Gasteiger partial charge in [-0.3, -0.25) is 4.72 Å². The summed E-state index contributed by atoms with van der Waals surface area (Å²) in [6.45, 7) is 5.40. The van der Waals surface area contributed by atoms with Crippen LogP contribution in [0.15, 0.2) is 35.5 Å². The SMILES string of the molecule is CCc1ncc(NS(=O)(=O)c2cc(F)ccc2OC(C)C)cn1. The topological polar surface area (TPSA) is 81.2 Å². The Morgan fingerprint density at radius 3 is 2.48 bits per heavy atom. The Hall–Kier alpha value is -2.22. The van der Waals surface area contributed by atoms with Gasteiger partial charge in [0.2, 0.25) is 0 Å². The summed E-state index contributed by atoms with van der Waals surface area (Å²) in [6.07, 6.45) is 3.13. The number of hydrogen-bond acceptors (Lipinski definition) is 5. The summed E-state index contributed by atoms with van der Waals surface area (Å²) in [7, 11) is -4.03. The third-order valence-electron chi connectivity index (χ3n) is 2.83. The zero-order chi connectivity index (χ0) is 17.0. The van der Waals surface area contributed by atoms with Crippen molar-refractivity contribution in [2.24, 2.45) is 0 Å². The zero-order valence-electron chi connectivity index (χ0n) is 13.1. The van der Waals surface area contributed by atoms with Crippen molar-refractivity contribution >= 4 is 15.7 Å². The van der Waals surface area contributed by atoms with Crippen molar-refractivity contribution in [2.75, 3.05) is 4.72 Å². The Morgan fingerprint density at radius 1 is 1.26 bits per heavy atom. The first-order valence-corrected chi connectivity index (χ1v) is 8.60. The molecule has 0 spiro atoms. The highest BCUT2D eigenvalue weighted by Gasteiger charge is 2.22. The van der Waals surface area contributed by atoms with Crippen molar-refractivity contribution in [1.82, 2.24) is 9.97 Å². The first-order chi connectivity index (χ1) is 10.8. The number of ether oxygens (including phenoxy) is 1. The van der Waals surface area contributed by atoms with E-state index in [9.17, 15) is 12.8 Å². The Kier molecular flexibility index (Phi) is 5.15. The summed E-state index contributed by atoms with van der Waals surface area (Å²) in [4.78, 5) is 7.77. The molecule has 0 unspecified atom stereocenters. The summed E-state index contributed by atoms with van der Waals surface area (Å²) in [5.74, 6) is 0.0154. The third kappa shape index (κ3) is 4.38.